The first-order valence-corrected chi connectivity index (χ1v) is 6.96. The van der Waals surface area contributed by atoms with Gasteiger partial charge in [0.1, 0.15) is 5.01 Å². The molecule has 2 rings (SSSR count). The molecule has 1 heterocycles. The van der Waals surface area contributed by atoms with E-state index in [0.717, 1.165) is 22.8 Å². The summed E-state index contributed by atoms with van der Waals surface area (Å²) in [7, 11) is 1.80. The van der Waals surface area contributed by atoms with Crippen LogP contribution in [0.4, 0.5) is 5.69 Å². The number of hydrogen-bond acceptors (Lipinski definition) is 4. The molecule has 5 heteroatoms. The average Bonchev–Trinajstić information content (AvgIpc) is 2.90. The molecule has 0 unspecified atom stereocenters. The fourth-order valence-corrected chi connectivity index (χ4v) is 2.24. The van der Waals surface area contributed by atoms with Crippen molar-refractivity contribution >= 4 is 22.9 Å². The van der Waals surface area contributed by atoms with Crippen LogP contribution in [0.2, 0.25) is 0 Å². The number of carbonyl (C=O) groups excluding carboxylic acids is 1. The molecule has 1 amide bonds. The zero-order valence-electron chi connectivity index (χ0n) is 11.1. The van der Waals surface area contributed by atoms with E-state index in [1.807, 2.05) is 23.6 Å². The van der Waals surface area contributed by atoms with Gasteiger partial charge < -0.3 is 10.2 Å². The van der Waals surface area contributed by atoms with Crippen LogP contribution in [0.5, 0.6) is 0 Å². The second kappa shape index (κ2) is 6.33. The Hall–Kier alpha value is -1.88. The standard InChI is InChI=1S/C14H17N3OS/c1-11(18)17(2)10-12-4-3-5-13(8-12)16-9-14-15-6-7-19-14/h3-8,16H,9-10H2,1-2H3. The SMILES string of the molecule is CC(=O)N(C)Cc1cccc(NCc2nccs2)c1. The van der Waals surface area contributed by atoms with Crippen molar-refractivity contribution in [2.24, 2.45) is 0 Å². The minimum absolute atomic E-state index is 0.0705. The zero-order chi connectivity index (χ0) is 13.7. The topological polar surface area (TPSA) is 45.2 Å². The van der Waals surface area contributed by atoms with E-state index in [0.29, 0.717) is 6.54 Å². The van der Waals surface area contributed by atoms with Crippen molar-refractivity contribution < 1.29 is 4.79 Å². The molecule has 0 aliphatic carbocycles. The first kappa shape index (κ1) is 13.5. The number of amides is 1. The molecule has 0 fully saturated rings. The average molecular weight is 275 g/mol. The molecule has 0 aliphatic heterocycles. The summed E-state index contributed by atoms with van der Waals surface area (Å²) in [5.41, 5.74) is 2.16. The van der Waals surface area contributed by atoms with E-state index < -0.39 is 0 Å². The predicted molar refractivity (Wildman–Crippen MR) is 78.0 cm³/mol. The molecule has 0 radical (unpaired) electrons. The summed E-state index contributed by atoms with van der Waals surface area (Å²) in [4.78, 5) is 17.1. The van der Waals surface area contributed by atoms with Gasteiger partial charge in [-0.2, -0.15) is 0 Å². The van der Waals surface area contributed by atoms with Gasteiger partial charge in [0.2, 0.25) is 5.91 Å². The van der Waals surface area contributed by atoms with E-state index in [4.69, 9.17) is 0 Å². The highest BCUT2D eigenvalue weighted by Crippen LogP contribution is 2.14. The molecule has 0 atom stereocenters. The van der Waals surface area contributed by atoms with Crippen LogP contribution in [-0.2, 0) is 17.9 Å². The molecular weight excluding hydrogens is 258 g/mol. The van der Waals surface area contributed by atoms with Crippen LogP contribution in [0.1, 0.15) is 17.5 Å². The van der Waals surface area contributed by atoms with Gasteiger partial charge in [-0.05, 0) is 17.7 Å². The molecule has 0 saturated carbocycles. The van der Waals surface area contributed by atoms with Crippen LogP contribution in [0.25, 0.3) is 0 Å². The van der Waals surface area contributed by atoms with Crippen molar-refractivity contribution in [2.45, 2.75) is 20.0 Å². The molecule has 0 saturated heterocycles. The van der Waals surface area contributed by atoms with E-state index >= 15 is 0 Å². The summed E-state index contributed by atoms with van der Waals surface area (Å²) < 4.78 is 0. The highest BCUT2D eigenvalue weighted by molar-refractivity contribution is 7.09. The fourth-order valence-electron chi connectivity index (χ4n) is 1.68. The number of anilines is 1. The van der Waals surface area contributed by atoms with Gasteiger partial charge in [0.25, 0.3) is 0 Å². The Balaban J connectivity index is 1.96. The molecule has 4 nitrogen and oxygen atoms in total. The Morgan fingerprint density at radius 2 is 2.32 bits per heavy atom. The van der Waals surface area contributed by atoms with E-state index in [1.165, 1.54) is 0 Å². The summed E-state index contributed by atoms with van der Waals surface area (Å²) in [5, 5.41) is 6.36. The fraction of sp³-hybridized carbons (Fsp3) is 0.286. The first-order valence-electron chi connectivity index (χ1n) is 6.08. The summed E-state index contributed by atoms with van der Waals surface area (Å²) in [5.74, 6) is 0.0705. The van der Waals surface area contributed by atoms with Gasteiger partial charge >= 0.3 is 0 Å². The van der Waals surface area contributed by atoms with Crippen LogP contribution in [0, 0.1) is 0 Å². The van der Waals surface area contributed by atoms with Gasteiger partial charge in [-0.1, -0.05) is 12.1 Å². The number of hydrogen-bond donors (Lipinski definition) is 1. The lowest BCUT2D eigenvalue weighted by molar-refractivity contribution is -0.128. The number of nitrogens with one attached hydrogen (secondary N) is 1. The molecule has 0 bridgehead atoms. The van der Waals surface area contributed by atoms with E-state index in [9.17, 15) is 4.79 Å². The number of rotatable bonds is 5. The van der Waals surface area contributed by atoms with Crippen LogP contribution >= 0.6 is 11.3 Å². The summed E-state index contributed by atoms with van der Waals surface area (Å²) in [6, 6.07) is 8.10. The van der Waals surface area contributed by atoms with Crippen LogP contribution in [0.3, 0.4) is 0 Å². The molecule has 1 aromatic carbocycles. The molecule has 19 heavy (non-hydrogen) atoms. The second-order valence-corrected chi connectivity index (χ2v) is 5.33. The Morgan fingerprint density at radius 3 is 3.00 bits per heavy atom. The normalized spacial score (nSPS) is 10.2. The molecule has 0 aliphatic rings. The van der Waals surface area contributed by atoms with Gasteiger partial charge in [-0.3, -0.25) is 4.79 Å². The maximum atomic E-state index is 11.2. The third kappa shape index (κ3) is 4.06. The third-order valence-corrected chi connectivity index (χ3v) is 3.59. The monoisotopic (exact) mass is 275 g/mol. The van der Waals surface area contributed by atoms with E-state index in [2.05, 4.69) is 16.4 Å². The van der Waals surface area contributed by atoms with Gasteiger partial charge in [0.05, 0.1) is 6.54 Å². The number of nitrogens with zero attached hydrogens (tertiary/aromatic N) is 2. The molecule has 2 aromatic rings. The Bertz CT molecular complexity index is 539. The molecule has 1 aromatic heterocycles. The third-order valence-electron chi connectivity index (χ3n) is 2.81. The second-order valence-electron chi connectivity index (χ2n) is 4.35. The van der Waals surface area contributed by atoms with E-state index in [-0.39, 0.29) is 5.91 Å². The number of benzene rings is 1. The molecule has 100 valence electrons. The first-order chi connectivity index (χ1) is 9.15. The predicted octanol–water partition coefficient (Wildman–Crippen LogP) is 2.73. The molecule has 1 N–H and O–H groups in total. The van der Waals surface area contributed by atoms with Gasteiger partial charge in [-0.25, -0.2) is 4.98 Å². The summed E-state index contributed by atoms with van der Waals surface area (Å²) in [6.45, 7) is 2.93. The summed E-state index contributed by atoms with van der Waals surface area (Å²) in [6.07, 6.45) is 1.81. The van der Waals surface area contributed by atoms with E-state index in [1.54, 1.807) is 36.4 Å². The highest BCUT2D eigenvalue weighted by Gasteiger charge is 2.04. The highest BCUT2D eigenvalue weighted by atomic mass is 32.1. The number of thiazole rings is 1. The Morgan fingerprint density at radius 1 is 1.47 bits per heavy atom. The van der Waals surface area contributed by atoms with Crippen LogP contribution in [0.15, 0.2) is 35.8 Å². The van der Waals surface area contributed by atoms with Gasteiger partial charge in [-0.15, -0.1) is 11.3 Å². The minimum atomic E-state index is 0.0705. The maximum absolute atomic E-state index is 11.2. The maximum Gasteiger partial charge on any atom is 0.219 e. The summed E-state index contributed by atoms with van der Waals surface area (Å²) >= 11 is 1.63. The van der Waals surface area contributed by atoms with Crippen LogP contribution < -0.4 is 5.32 Å². The largest absolute Gasteiger partial charge is 0.379 e. The van der Waals surface area contributed by atoms with Crippen molar-refractivity contribution in [3.8, 4) is 0 Å². The van der Waals surface area contributed by atoms with Crippen molar-refractivity contribution in [3.63, 3.8) is 0 Å². The van der Waals surface area contributed by atoms with Gasteiger partial charge in [0, 0.05) is 37.8 Å². The lowest BCUT2D eigenvalue weighted by Crippen LogP contribution is -2.22. The number of carbonyl (C=O) groups is 1. The van der Waals surface area contributed by atoms with Gasteiger partial charge in [0.15, 0.2) is 0 Å². The van der Waals surface area contributed by atoms with Crippen molar-refractivity contribution in [3.05, 3.63) is 46.4 Å². The van der Waals surface area contributed by atoms with Crippen LogP contribution in [-0.4, -0.2) is 22.8 Å². The lowest BCUT2D eigenvalue weighted by atomic mass is 10.2. The Kier molecular flexibility index (Phi) is 4.52. The quantitative estimate of drug-likeness (QED) is 0.912. The van der Waals surface area contributed by atoms with Crippen molar-refractivity contribution in [1.29, 1.82) is 0 Å². The smallest absolute Gasteiger partial charge is 0.219 e. The van der Waals surface area contributed by atoms with Crippen molar-refractivity contribution in [2.75, 3.05) is 12.4 Å². The lowest BCUT2D eigenvalue weighted by Gasteiger charge is -2.15. The zero-order valence-corrected chi connectivity index (χ0v) is 11.9. The minimum Gasteiger partial charge on any atom is -0.379 e. The Labute approximate surface area is 117 Å². The molecule has 0 spiro atoms. The molecular formula is C14H17N3OS. The number of aromatic nitrogens is 1. The van der Waals surface area contributed by atoms with Crippen molar-refractivity contribution in [1.82, 2.24) is 9.88 Å².